The van der Waals surface area contributed by atoms with Crippen LogP contribution in [0.5, 0.6) is 0 Å². The Morgan fingerprint density at radius 1 is 0.815 bits per heavy atom. The lowest BCUT2D eigenvalue weighted by molar-refractivity contribution is -0.143. The number of aliphatic carboxylic acids is 1. The maximum Gasteiger partial charge on any atom is 0.321 e. The highest BCUT2D eigenvalue weighted by Crippen LogP contribution is 2.39. The van der Waals surface area contributed by atoms with E-state index >= 15 is 0 Å². The minimum atomic E-state index is -1.54. The van der Waals surface area contributed by atoms with Crippen LogP contribution in [-0.2, 0) is 4.79 Å². The van der Waals surface area contributed by atoms with E-state index in [9.17, 15) is 14.7 Å². The summed E-state index contributed by atoms with van der Waals surface area (Å²) in [5, 5.41) is 16.1. The topological polar surface area (TPSA) is 54.4 Å². The molecular formula is C24H16O3. The van der Waals surface area contributed by atoms with Gasteiger partial charge in [0.1, 0.15) is 0 Å². The predicted octanol–water partition coefficient (Wildman–Crippen LogP) is 5.35. The fraction of sp³-hybridized carbons (Fsp3) is 0.0833. The molecule has 0 radical (unpaired) electrons. The first-order chi connectivity index (χ1) is 13.1. The quantitative estimate of drug-likeness (QED) is 0.307. The van der Waals surface area contributed by atoms with Gasteiger partial charge in [0.2, 0.25) is 0 Å². The minimum Gasteiger partial charge on any atom is -0.480 e. The smallest absolute Gasteiger partial charge is 0.321 e. The second-order valence-corrected chi connectivity index (χ2v) is 7.07. The third-order valence-corrected chi connectivity index (χ3v) is 5.63. The standard InChI is InChI=1S/C24H16O3/c25-22(24(23(26)27)13-2-1-3-14-24)19-12-10-17-8-7-15-5-4-6-16-9-11-18(19)21(17)20(15)16/h1-13H,14H2,(H,26,27). The van der Waals surface area contributed by atoms with Gasteiger partial charge in [-0.05, 0) is 38.7 Å². The lowest BCUT2D eigenvalue weighted by atomic mass is 9.74. The van der Waals surface area contributed by atoms with E-state index in [2.05, 4.69) is 24.3 Å². The lowest BCUT2D eigenvalue weighted by Crippen LogP contribution is -2.38. The summed E-state index contributed by atoms with van der Waals surface area (Å²) in [6.07, 6.45) is 6.83. The number of allylic oxidation sites excluding steroid dienone is 3. The van der Waals surface area contributed by atoms with Crippen LogP contribution in [0, 0.1) is 5.41 Å². The van der Waals surface area contributed by atoms with E-state index in [1.165, 1.54) is 6.08 Å². The van der Waals surface area contributed by atoms with E-state index < -0.39 is 11.4 Å². The predicted molar refractivity (Wildman–Crippen MR) is 107 cm³/mol. The molecule has 0 saturated heterocycles. The number of hydrogen-bond donors (Lipinski definition) is 1. The van der Waals surface area contributed by atoms with Crippen LogP contribution in [0.15, 0.2) is 78.9 Å². The number of Topliss-reactive ketones (excluding diaryl/α,β-unsaturated/α-hetero) is 1. The fourth-order valence-corrected chi connectivity index (χ4v) is 4.22. The molecule has 1 aliphatic carbocycles. The Morgan fingerprint density at radius 2 is 1.48 bits per heavy atom. The van der Waals surface area contributed by atoms with Gasteiger partial charge in [0, 0.05) is 5.56 Å². The van der Waals surface area contributed by atoms with Gasteiger partial charge in [-0.3, -0.25) is 9.59 Å². The van der Waals surface area contributed by atoms with Crippen molar-refractivity contribution in [3.8, 4) is 0 Å². The van der Waals surface area contributed by atoms with Gasteiger partial charge < -0.3 is 5.11 Å². The van der Waals surface area contributed by atoms with Crippen LogP contribution in [-0.4, -0.2) is 16.9 Å². The summed E-state index contributed by atoms with van der Waals surface area (Å²) in [7, 11) is 0. The van der Waals surface area contributed by atoms with Crippen molar-refractivity contribution >= 4 is 44.1 Å². The van der Waals surface area contributed by atoms with Crippen molar-refractivity contribution in [2.45, 2.75) is 6.42 Å². The van der Waals surface area contributed by atoms with Crippen LogP contribution in [0.3, 0.4) is 0 Å². The molecule has 5 rings (SSSR count). The number of rotatable bonds is 3. The normalized spacial score (nSPS) is 19.3. The second-order valence-electron chi connectivity index (χ2n) is 7.07. The maximum atomic E-state index is 13.4. The van der Waals surface area contributed by atoms with Crippen molar-refractivity contribution in [2.24, 2.45) is 5.41 Å². The third kappa shape index (κ3) is 2.08. The van der Waals surface area contributed by atoms with Crippen LogP contribution in [0.1, 0.15) is 16.8 Å². The number of hydrogen-bond acceptors (Lipinski definition) is 2. The first kappa shape index (κ1) is 15.8. The highest BCUT2D eigenvalue weighted by molar-refractivity contribution is 6.28. The van der Waals surface area contributed by atoms with Gasteiger partial charge in [-0.1, -0.05) is 78.9 Å². The van der Waals surface area contributed by atoms with Crippen molar-refractivity contribution in [3.63, 3.8) is 0 Å². The monoisotopic (exact) mass is 352 g/mol. The molecule has 0 amide bonds. The Labute approximate surface area is 155 Å². The molecule has 4 aromatic carbocycles. The summed E-state index contributed by atoms with van der Waals surface area (Å²) in [4.78, 5) is 25.5. The van der Waals surface area contributed by atoms with Crippen molar-refractivity contribution < 1.29 is 14.7 Å². The zero-order valence-electron chi connectivity index (χ0n) is 14.5. The van der Waals surface area contributed by atoms with Crippen LogP contribution < -0.4 is 0 Å². The van der Waals surface area contributed by atoms with Crippen molar-refractivity contribution in [2.75, 3.05) is 0 Å². The molecule has 1 unspecified atom stereocenters. The molecule has 27 heavy (non-hydrogen) atoms. The molecule has 4 aromatic rings. The number of carbonyl (C=O) groups excluding carboxylic acids is 1. The SMILES string of the molecule is O=C(O)C1(C(=O)c2ccc3ccc4cccc5ccc2c3c45)C=CC=CC1. The Kier molecular flexibility index (Phi) is 3.22. The van der Waals surface area contributed by atoms with Crippen LogP contribution >= 0.6 is 0 Å². The zero-order valence-corrected chi connectivity index (χ0v) is 14.5. The van der Waals surface area contributed by atoms with Gasteiger partial charge >= 0.3 is 5.97 Å². The van der Waals surface area contributed by atoms with Crippen molar-refractivity contribution in [1.82, 2.24) is 0 Å². The lowest BCUT2D eigenvalue weighted by Gasteiger charge is -2.26. The molecule has 0 aliphatic heterocycles. The first-order valence-corrected chi connectivity index (χ1v) is 8.91. The Bertz CT molecular complexity index is 1280. The van der Waals surface area contributed by atoms with E-state index in [0.29, 0.717) is 5.56 Å². The summed E-state index contributed by atoms with van der Waals surface area (Å²) in [6, 6.07) is 17.9. The summed E-state index contributed by atoms with van der Waals surface area (Å²) in [6.45, 7) is 0. The zero-order chi connectivity index (χ0) is 18.6. The Balaban J connectivity index is 1.84. The summed E-state index contributed by atoms with van der Waals surface area (Å²) >= 11 is 0. The molecule has 1 N–H and O–H groups in total. The molecule has 3 nitrogen and oxygen atoms in total. The number of carboxylic acids is 1. The van der Waals surface area contributed by atoms with Crippen LogP contribution in [0.25, 0.3) is 32.3 Å². The Hall–Kier alpha value is -3.46. The summed E-state index contributed by atoms with van der Waals surface area (Å²) in [5.74, 6) is -1.48. The summed E-state index contributed by atoms with van der Waals surface area (Å²) in [5.41, 5.74) is -1.08. The third-order valence-electron chi connectivity index (χ3n) is 5.63. The largest absolute Gasteiger partial charge is 0.480 e. The van der Waals surface area contributed by atoms with Gasteiger partial charge in [0.15, 0.2) is 11.2 Å². The summed E-state index contributed by atoms with van der Waals surface area (Å²) < 4.78 is 0. The molecule has 0 bridgehead atoms. The second kappa shape index (κ2) is 5.52. The Morgan fingerprint density at radius 3 is 2.15 bits per heavy atom. The van der Waals surface area contributed by atoms with Crippen LogP contribution in [0.2, 0.25) is 0 Å². The van der Waals surface area contributed by atoms with E-state index in [4.69, 9.17) is 0 Å². The van der Waals surface area contributed by atoms with E-state index in [1.807, 2.05) is 24.3 Å². The molecule has 0 spiro atoms. The highest BCUT2D eigenvalue weighted by Gasteiger charge is 2.44. The highest BCUT2D eigenvalue weighted by atomic mass is 16.4. The molecule has 1 atom stereocenters. The van der Waals surface area contributed by atoms with Crippen molar-refractivity contribution in [3.05, 3.63) is 84.5 Å². The average Bonchev–Trinajstić information content (AvgIpc) is 2.72. The van der Waals surface area contributed by atoms with Gasteiger partial charge in [0.25, 0.3) is 0 Å². The molecule has 0 aromatic heterocycles. The minimum absolute atomic E-state index is 0.166. The van der Waals surface area contributed by atoms with E-state index in [-0.39, 0.29) is 12.2 Å². The number of ketones is 1. The molecule has 130 valence electrons. The maximum absolute atomic E-state index is 13.4. The van der Waals surface area contributed by atoms with Gasteiger partial charge in [-0.25, -0.2) is 0 Å². The molecular weight excluding hydrogens is 336 g/mol. The average molecular weight is 352 g/mol. The van der Waals surface area contributed by atoms with Crippen molar-refractivity contribution in [1.29, 1.82) is 0 Å². The van der Waals surface area contributed by atoms with E-state index in [1.54, 1.807) is 24.3 Å². The van der Waals surface area contributed by atoms with Gasteiger partial charge in [0.05, 0.1) is 0 Å². The van der Waals surface area contributed by atoms with Gasteiger partial charge in [-0.2, -0.15) is 0 Å². The molecule has 0 heterocycles. The molecule has 3 heteroatoms. The molecule has 0 fully saturated rings. The molecule has 1 aliphatic rings. The first-order valence-electron chi connectivity index (χ1n) is 8.91. The number of carbonyl (C=O) groups is 2. The van der Waals surface area contributed by atoms with Crippen LogP contribution in [0.4, 0.5) is 0 Å². The number of benzene rings is 4. The fourth-order valence-electron chi connectivity index (χ4n) is 4.22. The van der Waals surface area contributed by atoms with E-state index in [0.717, 1.165) is 32.3 Å². The molecule has 0 saturated carbocycles. The number of carboxylic acid groups (broad SMARTS) is 1. The van der Waals surface area contributed by atoms with Gasteiger partial charge in [-0.15, -0.1) is 0 Å².